The van der Waals surface area contributed by atoms with Gasteiger partial charge in [-0.25, -0.2) is 0 Å². The summed E-state index contributed by atoms with van der Waals surface area (Å²) in [4.78, 5) is 24.2. The highest BCUT2D eigenvalue weighted by atomic mass is 16.5. The molecule has 2 amide bonds. The molecule has 1 unspecified atom stereocenters. The Balaban J connectivity index is 1.66. The number of nitrogens with one attached hydrogen (secondary N) is 2. The van der Waals surface area contributed by atoms with Crippen LogP contribution in [-0.2, 0) is 16.1 Å². The molecule has 2 N–H and O–H groups in total. The number of para-hydroxylation sites is 1. The lowest BCUT2D eigenvalue weighted by Crippen LogP contribution is -2.45. The molecule has 1 heterocycles. The third-order valence-electron chi connectivity index (χ3n) is 5.12. The minimum Gasteiger partial charge on any atom is -0.493 e. The average Bonchev–Trinajstić information content (AvgIpc) is 3.06. The van der Waals surface area contributed by atoms with Crippen LogP contribution in [0.4, 0.5) is 0 Å². The van der Waals surface area contributed by atoms with Gasteiger partial charge >= 0.3 is 0 Å². The Bertz CT molecular complexity index is 641. The zero-order valence-corrected chi connectivity index (χ0v) is 15.4. The fourth-order valence-corrected chi connectivity index (χ4v) is 3.64. The number of ether oxygens (including phenoxy) is 2. The van der Waals surface area contributed by atoms with E-state index in [0.717, 1.165) is 31.2 Å². The molecule has 0 bridgehead atoms. The molecule has 1 saturated carbocycles. The van der Waals surface area contributed by atoms with Crippen LogP contribution >= 0.6 is 0 Å². The van der Waals surface area contributed by atoms with Crippen LogP contribution in [0.25, 0.3) is 0 Å². The van der Waals surface area contributed by atoms with Gasteiger partial charge in [0, 0.05) is 18.5 Å². The number of hydrogen-bond donors (Lipinski definition) is 2. The largest absolute Gasteiger partial charge is 0.493 e. The highest BCUT2D eigenvalue weighted by molar-refractivity contribution is 5.87. The van der Waals surface area contributed by atoms with Crippen LogP contribution in [0.15, 0.2) is 18.2 Å². The molecule has 1 aromatic carbocycles. The maximum atomic E-state index is 12.5. The Labute approximate surface area is 154 Å². The first-order chi connectivity index (χ1) is 12.7. The first-order valence-electron chi connectivity index (χ1n) is 9.57. The van der Waals surface area contributed by atoms with E-state index < -0.39 is 6.04 Å². The first kappa shape index (κ1) is 18.5. The normalized spacial score (nSPS) is 21.0. The zero-order chi connectivity index (χ0) is 18.4. The molecule has 6 nitrogen and oxygen atoms in total. The van der Waals surface area contributed by atoms with E-state index in [4.69, 9.17) is 9.47 Å². The summed E-state index contributed by atoms with van der Waals surface area (Å²) in [6.45, 7) is 0.352. The summed E-state index contributed by atoms with van der Waals surface area (Å²) < 4.78 is 11.7. The van der Waals surface area contributed by atoms with Gasteiger partial charge in [0.15, 0.2) is 11.5 Å². The Morgan fingerprint density at radius 3 is 2.73 bits per heavy atom. The molecular weight excluding hydrogens is 332 g/mol. The lowest BCUT2D eigenvalue weighted by molar-refractivity contribution is -0.128. The van der Waals surface area contributed by atoms with Crippen LogP contribution in [0.5, 0.6) is 11.5 Å². The van der Waals surface area contributed by atoms with E-state index in [1.807, 2.05) is 18.2 Å². The topological polar surface area (TPSA) is 76.7 Å². The average molecular weight is 360 g/mol. The zero-order valence-electron chi connectivity index (χ0n) is 15.4. The van der Waals surface area contributed by atoms with Crippen LogP contribution in [-0.4, -0.2) is 31.1 Å². The fourth-order valence-electron chi connectivity index (χ4n) is 3.64. The second kappa shape index (κ2) is 8.92. The Morgan fingerprint density at radius 1 is 1.19 bits per heavy atom. The summed E-state index contributed by atoms with van der Waals surface area (Å²) >= 11 is 0. The monoisotopic (exact) mass is 360 g/mol. The van der Waals surface area contributed by atoms with Gasteiger partial charge < -0.3 is 20.1 Å². The summed E-state index contributed by atoms with van der Waals surface area (Å²) in [7, 11) is 1.63. The molecule has 1 aromatic rings. The van der Waals surface area contributed by atoms with Crippen molar-refractivity contribution in [3.63, 3.8) is 0 Å². The van der Waals surface area contributed by atoms with E-state index in [1.54, 1.807) is 7.11 Å². The van der Waals surface area contributed by atoms with Crippen molar-refractivity contribution in [2.75, 3.05) is 7.11 Å². The van der Waals surface area contributed by atoms with Gasteiger partial charge in [-0.3, -0.25) is 9.59 Å². The van der Waals surface area contributed by atoms with Crippen LogP contribution in [0.3, 0.4) is 0 Å². The van der Waals surface area contributed by atoms with Gasteiger partial charge in [-0.1, -0.05) is 18.6 Å². The van der Waals surface area contributed by atoms with Gasteiger partial charge in [0.05, 0.1) is 13.2 Å². The summed E-state index contributed by atoms with van der Waals surface area (Å²) in [5.74, 6) is 1.21. The predicted octanol–water partition coefficient (Wildman–Crippen LogP) is 2.69. The van der Waals surface area contributed by atoms with E-state index in [1.165, 1.54) is 12.8 Å². The molecule has 0 spiro atoms. The SMILES string of the molecule is COc1cccc(CNC(=O)C2CCCCC(=O)N2)c1OC1CCCC1. The number of hydrogen-bond acceptors (Lipinski definition) is 4. The number of benzene rings is 1. The highest BCUT2D eigenvalue weighted by Gasteiger charge is 2.24. The molecule has 1 atom stereocenters. The second-order valence-corrected chi connectivity index (χ2v) is 7.06. The number of carbonyl (C=O) groups excluding carboxylic acids is 2. The molecule has 0 radical (unpaired) electrons. The van der Waals surface area contributed by atoms with Crippen molar-refractivity contribution in [2.45, 2.75) is 70.1 Å². The molecule has 26 heavy (non-hydrogen) atoms. The molecule has 1 aliphatic carbocycles. The van der Waals surface area contributed by atoms with Gasteiger partial charge in [0.1, 0.15) is 6.04 Å². The molecule has 1 saturated heterocycles. The van der Waals surface area contributed by atoms with Gasteiger partial charge in [0.2, 0.25) is 11.8 Å². The van der Waals surface area contributed by atoms with Crippen LogP contribution in [0.2, 0.25) is 0 Å². The Hall–Kier alpha value is -2.24. The maximum absolute atomic E-state index is 12.5. The lowest BCUT2D eigenvalue weighted by atomic mass is 10.1. The Kier molecular flexibility index (Phi) is 6.36. The summed E-state index contributed by atoms with van der Waals surface area (Å²) in [5, 5.41) is 5.75. The number of carbonyl (C=O) groups is 2. The van der Waals surface area contributed by atoms with Gasteiger partial charge in [-0.05, 0) is 44.6 Å². The third-order valence-corrected chi connectivity index (χ3v) is 5.12. The van der Waals surface area contributed by atoms with Crippen molar-refractivity contribution in [1.82, 2.24) is 10.6 Å². The van der Waals surface area contributed by atoms with Crippen molar-refractivity contribution in [1.29, 1.82) is 0 Å². The molecule has 1 aliphatic heterocycles. The van der Waals surface area contributed by atoms with E-state index in [2.05, 4.69) is 10.6 Å². The molecular formula is C20H28N2O4. The van der Waals surface area contributed by atoms with Crippen LogP contribution < -0.4 is 20.1 Å². The van der Waals surface area contributed by atoms with Gasteiger partial charge in [-0.15, -0.1) is 0 Å². The second-order valence-electron chi connectivity index (χ2n) is 7.06. The smallest absolute Gasteiger partial charge is 0.242 e. The van der Waals surface area contributed by atoms with Gasteiger partial charge in [0.25, 0.3) is 0 Å². The summed E-state index contributed by atoms with van der Waals surface area (Å²) in [5.41, 5.74) is 0.893. The molecule has 0 aromatic heterocycles. The summed E-state index contributed by atoms with van der Waals surface area (Å²) in [6.07, 6.45) is 7.59. The standard InChI is InChI=1S/C20H28N2O4/c1-25-17-11-6-7-14(19(17)26-15-8-2-3-9-15)13-21-20(24)16-10-4-5-12-18(23)22-16/h6-7,11,15-16H,2-5,8-10,12-13H2,1H3,(H,21,24)(H,22,23). The Morgan fingerprint density at radius 2 is 1.96 bits per heavy atom. The van der Waals surface area contributed by atoms with Crippen molar-refractivity contribution in [3.8, 4) is 11.5 Å². The van der Waals surface area contributed by atoms with E-state index in [0.29, 0.717) is 30.9 Å². The third kappa shape index (κ3) is 4.68. The van der Waals surface area contributed by atoms with E-state index in [9.17, 15) is 9.59 Å². The van der Waals surface area contributed by atoms with Crippen molar-refractivity contribution in [2.24, 2.45) is 0 Å². The first-order valence-corrected chi connectivity index (χ1v) is 9.57. The summed E-state index contributed by atoms with van der Waals surface area (Å²) in [6, 6.07) is 5.27. The molecule has 2 aliphatic rings. The van der Waals surface area contributed by atoms with Crippen LogP contribution in [0.1, 0.15) is 56.9 Å². The van der Waals surface area contributed by atoms with Crippen molar-refractivity contribution < 1.29 is 19.1 Å². The number of amides is 2. The molecule has 2 fully saturated rings. The van der Waals surface area contributed by atoms with E-state index >= 15 is 0 Å². The van der Waals surface area contributed by atoms with E-state index in [-0.39, 0.29) is 17.9 Å². The van der Waals surface area contributed by atoms with Crippen LogP contribution in [0, 0.1) is 0 Å². The molecule has 142 valence electrons. The predicted molar refractivity (Wildman–Crippen MR) is 98.1 cm³/mol. The van der Waals surface area contributed by atoms with Crippen molar-refractivity contribution in [3.05, 3.63) is 23.8 Å². The lowest BCUT2D eigenvalue weighted by Gasteiger charge is -2.20. The molecule has 6 heteroatoms. The van der Waals surface area contributed by atoms with Gasteiger partial charge in [-0.2, -0.15) is 0 Å². The van der Waals surface area contributed by atoms with Crippen molar-refractivity contribution >= 4 is 11.8 Å². The number of rotatable bonds is 6. The quantitative estimate of drug-likeness (QED) is 0.818. The number of methoxy groups -OCH3 is 1. The minimum atomic E-state index is -0.449. The highest BCUT2D eigenvalue weighted by Crippen LogP contribution is 2.34. The maximum Gasteiger partial charge on any atom is 0.242 e. The fraction of sp³-hybridized carbons (Fsp3) is 0.600. The molecule has 3 rings (SSSR count). The minimum absolute atomic E-state index is 0.0470.